The predicted octanol–water partition coefficient (Wildman–Crippen LogP) is 2.90. The van der Waals surface area contributed by atoms with Crippen LogP contribution in [0.4, 0.5) is 0 Å². The average Bonchev–Trinajstić information content (AvgIpc) is 2.00. The maximum Gasteiger partial charge on any atom is 0.126 e. The second-order valence-corrected chi connectivity index (χ2v) is 4.79. The Bertz CT molecular complexity index is 362. The highest BCUT2D eigenvalue weighted by atomic mass is 35.5. The highest BCUT2D eigenvalue weighted by Crippen LogP contribution is 2.39. The monoisotopic (exact) mass is 211 g/mol. The zero-order valence-corrected chi connectivity index (χ0v) is 9.14. The number of hydrogen-bond acceptors (Lipinski definition) is 2. The Balaban J connectivity index is 2.46. The fourth-order valence-electron chi connectivity index (χ4n) is 1.88. The Morgan fingerprint density at radius 3 is 2.93 bits per heavy atom. The molecule has 76 valence electrons. The number of ether oxygens (including phenoxy) is 1. The van der Waals surface area contributed by atoms with Crippen molar-refractivity contribution in [1.29, 1.82) is 0 Å². The SMILES string of the molecule is CC1(C)C[C@H](N)c2ccc(Cl)cc2O1. The Morgan fingerprint density at radius 2 is 2.21 bits per heavy atom. The van der Waals surface area contributed by atoms with Gasteiger partial charge in [-0.2, -0.15) is 0 Å². The first-order valence-corrected chi connectivity index (χ1v) is 5.10. The number of rotatable bonds is 0. The topological polar surface area (TPSA) is 35.2 Å². The zero-order chi connectivity index (χ0) is 10.3. The number of nitrogens with two attached hydrogens (primary N) is 1. The molecule has 0 unspecified atom stereocenters. The summed E-state index contributed by atoms with van der Waals surface area (Å²) in [7, 11) is 0. The van der Waals surface area contributed by atoms with E-state index in [4.69, 9.17) is 22.1 Å². The van der Waals surface area contributed by atoms with E-state index in [1.807, 2.05) is 32.0 Å². The van der Waals surface area contributed by atoms with Crippen LogP contribution in [0.25, 0.3) is 0 Å². The van der Waals surface area contributed by atoms with Gasteiger partial charge in [0, 0.05) is 23.0 Å². The summed E-state index contributed by atoms with van der Waals surface area (Å²) >= 11 is 5.90. The van der Waals surface area contributed by atoms with Crippen LogP contribution >= 0.6 is 11.6 Å². The van der Waals surface area contributed by atoms with Crippen LogP contribution in [0.5, 0.6) is 5.75 Å². The normalized spacial score (nSPS) is 23.9. The van der Waals surface area contributed by atoms with E-state index in [1.165, 1.54) is 0 Å². The van der Waals surface area contributed by atoms with Gasteiger partial charge < -0.3 is 10.5 Å². The Labute approximate surface area is 89.0 Å². The maximum absolute atomic E-state index is 6.05. The summed E-state index contributed by atoms with van der Waals surface area (Å²) in [6.07, 6.45) is 0.835. The molecule has 2 N–H and O–H groups in total. The average molecular weight is 212 g/mol. The Hall–Kier alpha value is -0.730. The molecular weight excluding hydrogens is 198 g/mol. The van der Waals surface area contributed by atoms with E-state index in [2.05, 4.69) is 0 Å². The molecule has 0 fully saturated rings. The van der Waals surface area contributed by atoms with Crippen molar-refractivity contribution in [2.45, 2.75) is 31.9 Å². The molecule has 0 saturated heterocycles. The molecule has 2 nitrogen and oxygen atoms in total. The van der Waals surface area contributed by atoms with Crippen molar-refractivity contribution >= 4 is 11.6 Å². The van der Waals surface area contributed by atoms with E-state index in [0.29, 0.717) is 5.02 Å². The molecule has 1 aliphatic heterocycles. The molecule has 3 heteroatoms. The van der Waals surface area contributed by atoms with Crippen LogP contribution in [-0.4, -0.2) is 5.60 Å². The summed E-state index contributed by atoms with van der Waals surface area (Å²) in [5, 5.41) is 0.689. The highest BCUT2D eigenvalue weighted by Gasteiger charge is 2.31. The number of halogens is 1. The summed E-state index contributed by atoms with van der Waals surface area (Å²) in [6, 6.07) is 5.67. The van der Waals surface area contributed by atoms with E-state index in [1.54, 1.807) is 0 Å². The quantitative estimate of drug-likeness (QED) is 0.716. The largest absolute Gasteiger partial charge is 0.487 e. The predicted molar refractivity (Wildman–Crippen MR) is 57.7 cm³/mol. The minimum Gasteiger partial charge on any atom is -0.487 e. The van der Waals surface area contributed by atoms with Crippen LogP contribution in [-0.2, 0) is 0 Å². The van der Waals surface area contributed by atoms with Crippen LogP contribution in [0.15, 0.2) is 18.2 Å². The molecule has 1 aliphatic rings. The van der Waals surface area contributed by atoms with Gasteiger partial charge in [0.05, 0.1) is 0 Å². The fraction of sp³-hybridized carbons (Fsp3) is 0.455. The number of fused-ring (bicyclic) bond motifs is 1. The summed E-state index contributed by atoms with van der Waals surface area (Å²) in [6.45, 7) is 4.08. The second-order valence-electron chi connectivity index (χ2n) is 4.35. The summed E-state index contributed by atoms with van der Waals surface area (Å²) in [4.78, 5) is 0. The molecule has 0 spiro atoms. The van der Waals surface area contributed by atoms with Gasteiger partial charge in [-0.05, 0) is 26.0 Å². The first-order chi connectivity index (χ1) is 6.48. The molecule has 0 radical (unpaired) electrons. The van der Waals surface area contributed by atoms with Crippen molar-refractivity contribution in [3.8, 4) is 5.75 Å². The van der Waals surface area contributed by atoms with Gasteiger partial charge in [-0.25, -0.2) is 0 Å². The fourth-order valence-corrected chi connectivity index (χ4v) is 2.04. The van der Waals surface area contributed by atoms with Crippen LogP contribution in [0.1, 0.15) is 31.9 Å². The third-order valence-electron chi connectivity index (χ3n) is 2.47. The smallest absolute Gasteiger partial charge is 0.126 e. The summed E-state index contributed by atoms with van der Waals surface area (Å²) in [5.41, 5.74) is 6.90. The highest BCUT2D eigenvalue weighted by molar-refractivity contribution is 6.30. The van der Waals surface area contributed by atoms with E-state index in [9.17, 15) is 0 Å². The van der Waals surface area contributed by atoms with E-state index < -0.39 is 0 Å². The number of hydrogen-bond donors (Lipinski definition) is 1. The molecule has 0 aliphatic carbocycles. The standard InChI is InChI=1S/C11H14ClNO/c1-11(2)6-9(13)8-4-3-7(12)5-10(8)14-11/h3-5,9H,6,13H2,1-2H3/t9-/m0/s1. The van der Waals surface area contributed by atoms with Gasteiger partial charge in [0.25, 0.3) is 0 Å². The van der Waals surface area contributed by atoms with Crippen LogP contribution in [0.2, 0.25) is 5.02 Å². The molecule has 0 bridgehead atoms. The van der Waals surface area contributed by atoms with Crippen LogP contribution in [0.3, 0.4) is 0 Å². The van der Waals surface area contributed by atoms with Crippen molar-refractivity contribution in [3.63, 3.8) is 0 Å². The van der Waals surface area contributed by atoms with Gasteiger partial charge in [0.15, 0.2) is 0 Å². The van der Waals surface area contributed by atoms with E-state index >= 15 is 0 Å². The number of benzene rings is 1. The van der Waals surface area contributed by atoms with Crippen molar-refractivity contribution in [2.75, 3.05) is 0 Å². The Morgan fingerprint density at radius 1 is 1.50 bits per heavy atom. The van der Waals surface area contributed by atoms with Gasteiger partial charge >= 0.3 is 0 Å². The first-order valence-electron chi connectivity index (χ1n) is 4.72. The maximum atomic E-state index is 6.05. The van der Waals surface area contributed by atoms with Gasteiger partial charge in [-0.15, -0.1) is 0 Å². The molecule has 0 saturated carbocycles. The first kappa shape index (κ1) is 9.81. The molecule has 0 aromatic heterocycles. The third kappa shape index (κ3) is 1.72. The van der Waals surface area contributed by atoms with Gasteiger partial charge in [0.1, 0.15) is 11.4 Å². The zero-order valence-electron chi connectivity index (χ0n) is 8.38. The lowest BCUT2D eigenvalue weighted by Crippen LogP contribution is -2.37. The van der Waals surface area contributed by atoms with Crippen LogP contribution in [0, 0.1) is 0 Å². The van der Waals surface area contributed by atoms with Crippen molar-refractivity contribution < 1.29 is 4.74 Å². The molecule has 1 aromatic carbocycles. The molecule has 1 aromatic rings. The Kier molecular flexibility index (Phi) is 2.20. The van der Waals surface area contributed by atoms with Gasteiger partial charge in [0.2, 0.25) is 0 Å². The van der Waals surface area contributed by atoms with Crippen molar-refractivity contribution in [2.24, 2.45) is 5.73 Å². The molecule has 14 heavy (non-hydrogen) atoms. The van der Waals surface area contributed by atoms with Gasteiger partial charge in [-0.3, -0.25) is 0 Å². The van der Waals surface area contributed by atoms with Crippen LogP contribution < -0.4 is 10.5 Å². The van der Waals surface area contributed by atoms with E-state index in [-0.39, 0.29) is 11.6 Å². The minimum absolute atomic E-state index is 0.0472. The lowest BCUT2D eigenvalue weighted by atomic mass is 9.90. The molecule has 2 rings (SSSR count). The molecular formula is C11H14ClNO. The van der Waals surface area contributed by atoms with E-state index in [0.717, 1.165) is 17.7 Å². The van der Waals surface area contributed by atoms with Crippen molar-refractivity contribution in [3.05, 3.63) is 28.8 Å². The summed E-state index contributed by atoms with van der Waals surface area (Å²) < 4.78 is 5.81. The summed E-state index contributed by atoms with van der Waals surface area (Å²) in [5.74, 6) is 0.821. The minimum atomic E-state index is -0.197. The molecule has 0 amide bonds. The second kappa shape index (κ2) is 3.14. The van der Waals surface area contributed by atoms with Gasteiger partial charge in [-0.1, -0.05) is 17.7 Å². The molecule has 1 heterocycles. The third-order valence-corrected chi connectivity index (χ3v) is 2.71. The van der Waals surface area contributed by atoms with Crippen molar-refractivity contribution in [1.82, 2.24) is 0 Å². The lowest BCUT2D eigenvalue weighted by molar-refractivity contribution is 0.0729. The molecule has 1 atom stereocenters. The lowest BCUT2D eigenvalue weighted by Gasteiger charge is -2.36.